The summed E-state index contributed by atoms with van der Waals surface area (Å²) in [5.41, 5.74) is 2.43. The highest BCUT2D eigenvalue weighted by molar-refractivity contribution is 6.32. The Labute approximate surface area is 156 Å². The second-order valence-corrected chi connectivity index (χ2v) is 5.83. The number of nitrogens with zero attached hydrogens (tertiary/aromatic N) is 2. The Morgan fingerprint density at radius 3 is 2.33 bits per heavy atom. The smallest absolute Gasteiger partial charge is 0.335 e. The molecular weight excluding hydrogens is 348 g/mol. The standard InChI is InChI=1S/C20H18N2O5/c1-12-16(10-13-4-9-17(26-2)18(11-13)27-3)19(23)22(21-12)15-7-5-14(6-8-15)20(24)25/h4-11H,1-3H3,(H,24,25)/b16-10+. The van der Waals surface area contributed by atoms with Crippen molar-refractivity contribution in [3.05, 3.63) is 59.2 Å². The number of carbonyl (C=O) groups is 2. The Kier molecular flexibility index (Phi) is 4.94. The molecule has 0 aromatic heterocycles. The lowest BCUT2D eigenvalue weighted by Gasteiger charge is -2.12. The minimum absolute atomic E-state index is 0.146. The number of carboxylic acid groups (broad SMARTS) is 1. The van der Waals surface area contributed by atoms with Crippen LogP contribution in [0.25, 0.3) is 6.08 Å². The van der Waals surface area contributed by atoms with E-state index >= 15 is 0 Å². The maximum absolute atomic E-state index is 12.8. The number of amides is 1. The molecule has 1 N–H and O–H groups in total. The molecule has 0 bridgehead atoms. The Bertz CT molecular complexity index is 961. The molecule has 0 atom stereocenters. The molecule has 3 rings (SSSR count). The van der Waals surface area contributed by atoms with Crippen LogP contribution in [0.2, 0.25) is 0 Å². The van der Waals surface area contributed by atoms with Gasteiger partial charge >= 0.3 is 5.97 Å². The van der Waals surface area contributed by atoms with Gasteiger partial charge in [0.25, 0.3) is 5.91 Å². The number of rotatable bonds is 5. The first-order valence-corrected chi connectivity index (χ1v) is 8.11. The maximum Gasteiger partial charge on any atom is 0.335 e. The predicted molar refractivity (Wildman–Crippen MR) is 102 cm³/mol. The van der Waals surface area contributed by atoms with Gasteiger partial charge in [0.15, 0.2) is 11.5 Å². The molecule has 0 radical (unpaired) electrons. The lowest BCUT2D eigenvalue weighted by atomic mass is 10.1. The molecule has 7 heteroatoms. The molecule has 0 fully saturated rings. The number of ether oxygens (including phenoxy) is 2. The molecule has 27 heavy (non-hydrogen) atoms. The van der Waals surface area contributed by atoms with E-state index in [-0.39, 0.29) is 11.5 Å². The van der Waals surface area contributed by atoms with Crippen LogP contribution in [-0.4, -0.2) is 36.9 Å². The summed E-state index contributed by atoms with van der Waals surface area (Å²) in [5, 5.41) is 14.5. The summed E-state index contributed by atoms with van der Waals surface area (Å²) in [7, 11) is 3.10. The topological polar surface area (TPSA) is 88.4 Å². The van der Waals surface area contributed by atoms with E-state index in [0.717, 1.165) is 5.56 Å². The van der Waals surface area contributed by atoms with Gasteiger partial charge in [0.1, 0.15) is 0 Å². The summed E-state index contributed by atoms with van der Waals surface area (Å²) in [6.45, 7) is 1.75. The van der Waals surface area contributed by atoms with E-state index in [0.29, 0.717) is 28.5 Å². The van der Waals surface area contributed by atoms with Crippen LogP contribution < -0.4 is 14.5 Å². The maximum atomic E-state index is 12.8. The highest BCUT2D eigenvalue weighted by Gasteiger charge is 2.28. The number of hydrazone groups is 1. The summed E-state index contributed by atoms with van der Waals surface area (Å²) in [6, 6.07) is 11.3. The van der Waals surface area contributed by atoms with E-state index in [1.807, 2.05) is 6.07 Å². The number of carboxylic acids is 1. The van der Waals surface area contributed by atoms with Crippen LogP contribution in [0.3, 0.4) is 0 Å². The Morgan fingerprint density at radius 2 is 1.74 bits per heavy atom. The average molecular weight is 366 g/mol. The second-order valence-electron chi connectivity index (χ2n) is 5.83. The van der Waals surface area contributed by atoms with Gasteiger partial charge in [-0.15, -0.1) is 0 Å². The van der Waals surface area contributed by atoms with Gasteiger partial charge in [-0.2, -0.15) is 10.1 Å². The molecule has 1 aliphatic rings. The van der Waals surface area contributed by atoms with Crippen molar-refractivity contribution in [1.29, 1.82) is 0 Å². The zero-order valence-corrected chi connectivity index (χ0v) is 15.1. The third-order valence-corrected chi connectivity index (χ3v) is 4.14. The molecule has 1 heterocycles. The quantitative estimate of drug-likeness (QED) is 0.821. The lowest BCUT2D eigenvalue weighted by Crippen LogP contribution is -2.21. The zero-order chi connectivity index (χ0) is 19.6. The predicted octanol–water partition coefficient (Wildman–Crippen LogP) is 3.21. The third-order valence-electron chi connectivity index (χ3n) is 4.14. The number of hydrogen-bond acceptors (Lipinski definition) is 5. The Balaban J connectivity index is 1.91. The molecule has 2 aromatic rings. The summed E-state index contributed by atoms with van der Waals surface area (Å²) >= 11 is 0. The lowest BCUT2D eigenvalue weighted by molar-refractivity contribution is -0.114. The number of benzene rings is 2. The van der Waals surface area contributed by atoms with Gasteiger partial charge in [0, 0.05) is 0 Å². The van der Waals surface area contributed by atoms with Crippen molar-refractivity contribution < 1.29 is 24.2 Å². The van der Waals surface area contributed by atoms with E-state index in [1.54, 1.807) is 51.5 Å². The van der Waals surface area contributed by atoms with Crippen molar-refractivity contribution in [2.24, 2.45) is 5.10 Å². The zero-order valence-electron chi connectivity index (χ0n) is 15.1. The third kappa shape index (κ3) is 3.52. The van der Waals surface area contributed by atoms with Crippen LogP contribution >= 0.6 is 0 Å². The normalized spacial score (nSPS) is 15.1. The second kappa shape index (κ2) is 7.33. The molecule has 0 spiro atoms. The van der Waals surface area contributed by atoms with Crippen LogP contribution in [0.15, 0.2) is 53.1 Å². The minimum Gasteiger partial charge on any atom is -0.493 e. The molecule has 7 nitrogen and oxygen atoms in total. The highest BCUT2D eigenvalue weighted by atomic mass is 16.5. The van der Waals surface area contributed by atoms with Crippen molar-refractivity contribution in [1.82, 2.24) is 0 Å². The molecule has 0 aliphatic carbocycles. The van der Waals surface area contributed by atoms with Crippen LogP contribution in [-0.2, 0) is 4.79 Å². The van der Waals surface area contributed by atoms with Crippen LogP contribution in [0.4, 0.5) is 5.69 Å². The summed E-state index contributed by atoms with van der Waals surface area (Å²) in [5.74, 6) is -0.149. The van der Waals surface area contributed by atoms with Crippen LogP contribution in [0.5, 0.6) is 11.5 Å². The van der Waals surface area contributed by atoms with Gasteiger partial charge in [0.05, 0.1) is 36.8 Å². The molecule has 2 aromatic carbocycles. The Morgan fingerprint density at radius 1 is 1.07 bits per heavy atom. The molecule has 0 saturated heterocycles. The van der Waals surface area contributed by atoms with Gasteiger partial charge in [-0.3, -0.25) is 4.79 Å². The number of hydrogen-bond donors (Lipinski definition) is 1. The van der Waals surface area contributed by atoms with E-state index in [2.05, 4.69) is 5.10 Å². The monoisotopic (exact) mass is 366 g/mol. The first-order chi connectivity index (χ1) is 12.9. The van der Waals surface area contributed by atoms with Crippen LogP contribution in [0.1, 0.15) is 22.8 Å². The average Bonchev–Trinajstić information content (AvgIpc) is 2.96. The molecule has 0 saturated carbocycles. The number of carbonyl (C=O) groups excluding carboxylic acids is 1. The van der Waals surface area contributed by atoms with E-state index in [1.165, 1.54) is 17.1 Å². The highest BCUT2D eigenvalue weighted by Crippen LogP contribution is 2.30. The number of methoxy groups -OCH3 is 2. The summed E-state index contributed by atoms with van der Waals surface area (Å²) < 4.78 is 10.5. The summed E-state index contributed by atoms with van der Waals surface area (Å²) in [4.78, 5) is 23.8. The van der Waals surface area contributed by atoms with Gasteiger partial charge in [0.2, 0.25) is 0 Å². The summed E-state index contributed by atoms with van der Waals surface area (Å²) in [6.07, 6.45) is 1.73. The van der Waals surface area contributed by atoms with Gasteiger partial charge < -0.3 is 14.6 Å². The minimum atomic E-state index is -1.02. The Hall–Kier alpha value is -3.61. The van der Waals surface area contributed by atoms with Crippen molar-refractivity contribution in [2.45, 2.75) is 6.92 Å². The van der Waals surface area contributed by atoms with E-state index in [9.17, 15) is 9.59 Å². The van der Waals surface area contributed by atoms with Crippen molar-refractivity contribution in [2.75, 3.05) is 19.2 Å². The SMILES string of the molecule is COc1ccc(/C=C2/C(=O)N(c3ccc(C(=O)O)cc3)N=C2C)cc1OC. The van der Waals surface area contributed by atoms with Gasteiger partial charge in [-0.25, -0.2) is 4.79 Å². The molecule has 138 valence electrons. The fourth-order valence-corrected chi connectivity index (χ4v) is 2.71. The van der Waals surface area contributed by atoms with Gasteiger partial charge in [-0.05, 0) is 55.0 Å². The first-order valence-electron chi connectivity index (χ1n) is 8.11. The molecule has 1 aliphatic heterocycles. The molecule has 1 amide bonds. The van der Waals surface area contributed by atoms with E-state index in [4.69, 9.17) is 14.6 Å². The van der Waals surface area contributed by atoms with Crippen molar-refractivity contribution >= 4 is 29.4 Å². The fraction of sp³-hybridized carbons (Fsp3) is 0.150. The van der Waals surface area contributed by atoms with Crippen LogP contribution in [0, 0.1) is 0 Å². The first kappa shape index (κ1) is 18.2. The van der Waals surface area contributed by atoms with Crippen molar-refractivity contribution in [3.63, 3.8) is 0 Å². The number of aromatic carboxylic acids is 1. The molecular formula is C20H18N2O5. The van der Waals surface area contributed by atoms with Gasteiger partial charge in [-0.1, -0.05) is 6.07 Å². The van der Waals surface area contributed by atoms with Crippen molar-refractivity contribution in [3.8, 4) is 11.5 Å². The van der Waals surface area contributed by atoms with E-state index < -0.39 is 5.97 Å². The number of anilines is 1. The fourth-order valence-electron chi connectivity index (χ4n) is 2.71. The largest absolute Gasteiger partial charge is 0.493 e. The molecule has 0 unspecified atom stereocenters.